The SMILES string of the molecule is CN(c1ccc(OC(=O)CC(C)(C)C)cc1)S(=O)(=O)c1ccc(Cl)cc1. The molecule has 2 aromatic rings. The van der Waals surface area contributed by atoms with Gasteiger partial charge in [0.05, 0.1) is 17.0 Å². The maximum absolute atomic E-state index is 12.7. The molecule has 0 spiro atoms. The lowest BCUT2D eigenvalue weighted by Gasteiger charge is -2.20. The third-order valence-corrected chi connectivity index (χ3v) is 5.63. The van der Waals surface area contributed by atoms with Crippen molar-refractivity contribution in [2.75, 3.05) is 11.4 Å². The minimum Gasteiger partial charge on any atom is -0.427 e. The molecule has 0 atom stereocenters. The van der Waals surface area contributed by atoms with E-state index in [2.05, 4.69) is 0 Å². The van der Waals surface area contributed by atoms with Gasteiger partial charge in [0.25, 0.3) is 10.0 Å². The molecule has 0 aliphatic rings. The van der Waals surface area contributed by atoms with E-state index >= 15 is 0 Å². The summed E-state index contributed by atoms with van der Waals surface area (Å²) < 4.78 is 31.8. The number of esters is 1. The van der Waals surface area contributed by atoms with Gasteiger partial charge >= 0.3 is 5.97 Å². The predicted octanol–water partition coefficient (Wildman–Crippen LogP) is 4.51. The summed E-state index contributed by atoms with van der Waals surface area (Å²) in [7, 11) is -2.24. The highest BCUT2D eigenvalue weighted by molar-refractivity contribution is 7.92. The maximum atomic E-state index is 12.7. The van der Waals surface area contributed by atoms with Crippen molar-refractivity contribution in [2.45, 2.75) is 32.1 Å². The molecule has 0 heterocycles. The minimum absolute atomic E-state index is 0.144. The van der Waals surface area contributed by atoms with Crippen LogP contribution in [0.15, 0.2) is 53.4 Å². The normalized spacial score (nSPS) is 11.9. The Morgan fingerprint density at radius 2 is 1.58 bits per heavy atom. The number of benzene rings is 2. The minimum atomic E-state index is -3.70. The van der Waals surface area contributed by atoms with Gasteiger partial charge in [-0.3, -0.25) is 9.10 Å². The van der Waals surface area contributed by atoms with Gasteiger partial charge in [-0.2, -0.15) is 0 Å². The molecule has 0 amide bonds. The Morgan fingerprint density at radius 3 is 2.08 bits per heavy atom. The van der Waals surface area contributed by atoms with E-state index in [0.717, 1.165) is 4.31 Å². The zero-order valence-corrected chi connectivity index (χ0v) is 16.8. The second-order valence-corrected chi connectivity index (χ2v) is 9.54. The molecule has 26 heavy (non-hydrogen) atoms. The lowest BCUT2D eigenvalue weighted by atomic mass is 9.92. The highest BCUT2D eigenvalue weighted by Crippen LogP contribution is 2.26. The maximum Gasteiger partial charge on any atom is 0.311 e. The second-order valence-electron chi connectivity index (χ2n) is 7.13. The van der Waals surface area contributed by atoms with E-state index in [4.69, 9.17) is 16.3 Å². The molecule has 7 heteroatoms. The second kappa shape index (κ2) is 7.68. The zero-order valence-electron chi connectivity index (χ0n) is 15.2. The van der Waals surface area contributed by atoms with E-state index in [1.54, 1.807) is 24.3 Å². The van der Waals surface area contributed by atoms with Gasteiger partial charge in [0.15, 0.2) is 0 Å². The van der Waals surface area contributed by atoms with Crippen LogP contribution in [0.5, 0.6) is 5.75 Å². The molecule has 0 aliphatic carbocycles. The van der Waals surface area contributed by atoms with E-state index in [-0.39, 0.29) is 16.3 Å². The number of hydrogen-bond acceptors (Lipinski definition) is 4. The number of anilines is 1. The number of hydrogen-bond donors (Lipinski definition) is 0. The van der Waals surface area contributed by atoms with E-state index in [9.17, 15) is 13.2 Å². The standard InChI is InChI=1S/C19H22ClNO4S/c1-19(2,3)13-18(22)25-16-9-7-15(8-10-16)21(4)26(23,24)17-11-5-14(20)6-12-17/h5-12H,13H2,1-4H3. The van der Waals surface area contributed by atoms with Crippen LogP contribution in [0.2, 0.25) is 5.02 Å². The molecule has 5 nitrogen and oxygen atoms in total. The van der Waals surface area contributed by atoms with Crippen molar-refractivity contribution >= 4 is 33.3 Å². The number of sulfonamides is 1. The van der Waals surface area contributed by atoms with Crippen LogP contribution in [0.25, 0.3) is 0 Å². The Hall–Kier alpha value is -2.05. The number of carbonyl (C=O) groups is 1. The molecule has 0 aliphatic heterocycles. The summed E-state index contributed by atoms with van der Waals surface area (Å²) in [5.74, 6) is 0.0488. The first-order valence-electron chi connectivity index (χ1n) is 8.04. The zero-order chi connectivity index (χ0) is 19.5. The lowest BCUT2D eigenvalue weighted by molar-refractivity contribution is -0.136. The van der Waals surface area contributed by atoms with Crippen molar-refractivity contribution in [3.05, 3.63) is 53.6 Å². The first-order chi connectivity index (χ1) is 12.0. The summed E-state index contributed by atoms with van der Waals surface area (Å²) >= 11 is 5.81. The molecule has 0 aromatic heterocycles. The number of nitrogens with zero attached hydrogens (tertiary/aromatic N) is 1. The van der Waals surface area contributed by atoms with Crippen molar-refractivity contribution in [1.82, 2.24) is 0 Å². The van der Waals surface area contributed by atoms with Gasteiger partial charge in [-0.1, -0.05) is 32.4 Å². The van der Waals surface area contributed by atoms with Gasteiger partial charge in [-0.05, 0) is 53.9 Å². The highest BCUT2D eigenvalue weighted by atomic mass is 35.5. The Morgan fingerprint density at radius 1 is 1.04 bits per heavy atom. The summed E-state index contributed by atoms with van der Waals surface area (Å²) in [5.41, 5.74) is 0.291. The smallest absolute Gasteiger partial charge is 0.311 e. The molecular formula is C19H22ClNO4S. The Labute approximate surface area is 159 Å². The van der Waals surface area contributed by atoms with Crippen molar-refractivity contribution in [2.24, 2.45) is 5.41 Å². The van der Waals surface area contributed by atoms with Gasteiger partial charge in [-0.15, -0.1) is 0 Å². The summed E-state index contributed by atoms with van der Waals surface area (Å²) in [6, 6.07) is 12.3. The average molecular weight is 396 g/mol. The van der Waals surface area contributed by atoms with Crippen molar-refractivity contribution in [3.8, 4) is 5.75 Å². The third-order valence-electron chi connectivity index (χ3n) is 3.58. The predicted molar refractivity (Wildman–Crippen MR) is 103 cm³/mol. The first-order valence-corrected chi connectivity index (χ1v) is 9.86. The molecule has 2 rings (SSSR count). The lowest BCUT2D eigenvalue weighted by Crippen LogP contribution is -2.26. The van der Waals surface area contributed by atoms with E-state index in [0.29, 0.717) is 22.9 Å². The van der Waals surface area contributed by atoms with Gasteiger partial charge < -0.3 is 4.74 Å². The number of carbonyl (C=O) groups excluding carboxylic acids is 1. The third kappa shape index (κ3) is 5.22. The fraction of sp³-hybridized carbons (Fsp3) is 0.316. The summed E-state index contributed by atoms with van der Waals surface area (Å²) in [4.78, 5) is 12.0. The van der Waals surface area contributed by atoms with Crippen molar-refractivity contribution < 1.29 is 17.9 Å². The largest absolute Gasteiger partial charge is 0.427 e. The molecule has 140 valence electrons. The van der Waals surface area contributed by atoms with Crippen LogP contribution in [0, 0.1) is 5.41 Å². The molecule has 0 saturated heterocycles. The topological polar surface area (TPSA) is 63.7 Å². The van der Waals surface area contributed by atoms with Crippen LogP contribution in [-0.2, 0) is 14.8 Å². The van der Waals surface area contributed by atoms with Crippen LogP contribution in [0.4, 0.5) is 5.69 Å². The van der Waals surface area contributed by atoms with Crippen LogP contribution in [0.3, 0.4) is 0 Å². The fourth-order valence-electron chi connectivity index (χ4n) is 2.23. The Kier molecular flexibility index (Phi) is 5.98. The quantitative estimate of drug-likeness (QED) is 0.552. The molecule has 0 fully saturated rings. The Bertz CT molecular complexity index is 869. The summed E-state index contributed by atoms with van der Waals surface area (Å²) in [6.07, 6.45) is 0.291. The van der Waals surface area contributed by atoms with Crippen LogP contribution < -0.4 is 9.04 Å². The highest BCUT2D eigenvalue weighted by Gasteiger charge is 2.22. The van der Waals surface area contributed by atoms with E-state index in [1.807, 2.05) is 20.8 Å². The number of rotatable bonds is 5. The molecular weight excluding hydrogens is 374 g/mol. The monoisotopic (exact) mass is 395 g/mol. The van der Waals surface area contributed by atoms with E-state index < -0.39 is 10.0 Å². The average Bonchev–Trinajstić information content (AvgIpc) is 2.53. The van der Waals surface area contributed by atoms with Gasteiger partial charge in [0, 0.05) is 12.1 Å². The number of halogens is 1. The van der Waals surface area contributed by atoms with Crippen molar-refractivity contribution in [3.63, 3.8) is 0 Å². The molecule has 0 radical (unpaired) electrons. The van der Waals surface area contributed by atoms with Gasteiger partial charge in [-0.25, -0.2) is 8.42 Å². The van der Waals surface area contributed by atoms with Gasteiger partial charge in [0.2, 0.25) is 0 Å². The molecule has 0 bridgehead atoms. The molecule has 0 N–H and O–H groups in total. The summed E-state index contributed by atoms with van der Waals surface area (Å²) in [5, 5.41) is 0.466. The fourth-order valence-corrected chi connectivity index (χ4v) is 3.55. The number of ether oxygens (including phenoxy) is 1. The van der Waals surface area contributed by atoms with E-state index in [1.165, 1.54) is 31.3 Å². The Balaban J connectivity index is 2.14. The molecule has 2 aromatic carbocycles. The van der Waals surface area contributed by atoms with Crippen LogP contribution >= 0.6 is 11.6 Å². The van der Waals surface area contributed by atoms with Crippen molar-refractivity contribution in [1.29, 1.82) is 0 Å². The summed E-state index contributed by atoms with van der Waals surface area (Å²) in [6.45, 7) is 5.86. The first kappa shape index (κ1) is 20.3. The molecule has 0 unspecified atom stereocenters. The van der Waals surface area contributed by atoms with Gasteiger partial charge in [0.1, 0.15) is 5.75 Å². The molecule has 0 saturated carbocycles. The van der Waals surface area contributed by atoms with Crippen LogP contribution in [0.1, 0.15) is 27.2 Å². The van der Waals surface area contributed by atoms with Crippen LogP contribution in [-0.4, -0.2) is 21.4 Å².